The Morgan fingerprint density at radius 2 is 2.00 bits per heavy atom. The van der Waals surface area contributed by atoms with Crippen LogP contribution in [0.1, 0.15) is 18.1 Å². The molecular formula is C16H21N3O. The number of aromatic nitrogens is 1. The van der Waals surface area contributed by atoms with E-state index in [1.165, 1.54) is 5.56 Å². The maximum absolute atomic E-state index is 11.8. The van der Waals surface area contributed by atoms with Gasteiger partial charge in [-0.25, -0.2) is 0 Å². The van der Waals surface area contributed by atoms with Crippen LogP contribution in [0.3, 0.4) is 0 Å². The number of fused-ring (bicyclic) bond motifs is 1. The molecule has 1 aromatic heterocycles. The predicted octanol–water partition coefficient (Wildman–Crippen LogP) is 1.50. The fourth-order valence-electron chi connectivity index (χ4n) is 2.79. The molecule has 4 nitrogen and oxygen atoms in total. The third kappa shape index (κ3) is 2.76. The average Bonchev–Trinajstić information content (AvgIpc) is 2.48. The minimum absolute atomic E-state index is 0.0369. The highest BCUT2D eigenvalue weighted by Crippen LogP contribution is 2.15. The van der Waals surface area contributed by atoms with E-state index in [0.717, 1.165) is 55.6 Å². The number of rotatable bonds is 3. The summed E-state index contributed by atoms with van der Waals surface area (Å²) < 4.78 is 0. The predicted molar refractivity (Wildman–Crippen MR) is 82.1 cm³/mol. The molecule has 1 fully saturated rings. The van der Waals surface area contributed by atoms with E-state index >= 15 is 0 Å². The fourth-order valence-corrected chi connectivity index (χ4v) is 2.79. The number of benzene rings is 1. The number of aromatic amines is 1. The SMILES string of the molecule is CCc1cc2cc(CN3CCNCC3)ccc2[nH]c1=O. The maximum atomic E-state index is 11.8. The Balaban J connectivity index is 1.89. The molecular weight excluding hydrogens is 250 g/mol. The van der Waals surface area contributed by atoms with Gasteiger partial charge in [-0.05, 0) is 35.6 Å². The van der Waals surface area contributed by atoms with Crippen molar-refractivity contribution >= 4 is 10.9 Å². The number of hydrogen-bond donors (Lipinski definition) is 2. The summed E-state index contributed by atoms with van der Waals surface area (Å²) in [5.41, 5.74) is 3.14. The molecule has 0 saturated carbocycles. The van der Waals surface area contributed by atoms with Crippen molar-refractivity contribution in [3.8, 4) is 0 Å². The second-order valence-electron chi connectivity index (χ2n) is 5.43. The Morgan fingerprint density at radius 1 is 1.20 bits per heavy atom. The Hall–Kier alpha value is -1.65. The standard InChI is InChI=1S/C16H21N3O/c1-2-13-10-14-9-12(3-4-15(14)18-16(13)20)11-19-7-5-17-6-8-19/h3-4,9-10,17H,2,5-8,11H2,1H3,(H,18,20). The van der Waals surface area contributed by atoms with Crippen molar-refractivity contribution in [3.05, 3.63) is 45.7 Å². The van der Waals surface area contributed by atoms with E-state index < -0.39 is 0 Å². The molecule has 0 bridgehead atoms. The van der Waals surface area contributed by atoms with Crippen LogP contribution in [-0.2, 0) is 13.0 Å². The molecule has 0 aliphatic carbocycles. The summed E-state index contributed by atoms with van der Waals surface area (Å²) in [5.74, 6) is 0. The Kier molecular flexibility index (Phi) is 3.85. The Morgan fingerprint density at radius 3 is 2.75 bits per heavy atom. The van der Waals surface area contributed by atoms with Crippen LogP contribution in [-0.4, -0.2) is 36.1 Å². The molecule has 0 radical (unpaired) electrons. The van der Waals surface area contributed by atoms with Gasteiger partial charge in [0, 0.05) is 43.8 Å². The summed E-state index contributed by atoms with van der Waals surface area (Å²) in [7, 11) is 0. The van der Waals surface area contributed by atoms with Gasteiger partial charge in [-0.3, -0.25) is 9.69 Å². The van der Waals surface area contributed by atoms with Gasteiger partial charge < -0.3 is 10.3 Å². The lowest BCUT2D eigenvalue weighted by Gasteiger charge is -2.27. The van der Waals surface area contributed by atoms with Gasteiger partial charge >= 0.3 is 0 Å². The molecule has 0 spiro atoms. The molecule has 0 unspecified atom stereocenters. The summed E-state index contributed by atoms with van der Waals surface area (Å²) in [4.78, 5) is 17.2. The normalized spacial score (nSPS) is 16.6. The Bertz CT molecular complexity index is 656. The van der Waals surface area contributed by atoms with E-state index in [0.29, 0.717) is 0 Å². The summed E-state index contributed by atoms with van der Waals surface area (Å²) >= 11 is 0. The van der Waals surface area contributed by atoms with Gasteiger partial charge in [0.15, 0.2) is 0 Å². The zero-order chi connectivity index (χ0) is 13.9. The smallest absolute Gasteiger partial charge is 0.251 e. The molecule has 3 rings (SSSR count). The van der Waals surface area contributed by atoms with Crippen LogP contribution in [0.15, 0.2) is 29.1 Å². The minimum Gasteiger partial charge on any atom is -0.322 e. The van der Waals surface area contributed by atoms with E-state index in [9.17, 15) is 4.79 Å². The highest BCUT2D eigenvalue weighted by Gasteiger charge is 2.10. The van der Waals surface area contributed by atoms with Gasteiger partial charge in [-0.1, -0.05) is 13.0 Å². The topological polar surface area (TPSA) is 48.1 Å². The molecule has 0 atom stereocenters. The van der Waals surface area contributed by atoms with Crippen LogP contribution < -0.4 is 10.9 Å². The molecule has 1 aliphatic rings. The van der Waals surface area contributed by atoms with Gasteiger partial charge in [0.25, 0.3) is 5.56 Å². The molecule has 1 saturated heterocycles. The molecule has 2 N–H and O–H groups in total. The zero-order valence-electron chi connectivity index (χ0n) is 11.9. The molecule has 1 aromatic carbocycles. The molecule has 0 amide bonds. The van der Waals surface area contributed by atoms with Crippen molar-refractivity contribution in [1.29, 1.82) is 0 Å². The molecule has 2 aromatic rings. The first-order valence-electron chi connectivity index (χ1n) is 7.34. The third-order valence-electron chi connectivity index (χ3n) is 3.98. The Labute approximate surface area is 118 Å². The van der Waals surface area contributed by atoms with Crippen LogP contribution in [0.4, 0.5) is 0 Å². The quantitative estimate of drug-likeness (QED) is 0.889. The number of nitrogens with one attached hydrogen (secondary N) is 2. The lowest BCUT2D eigenvalue weighted by atomic mass is 10.1. The summed E-state index contributed by atoms with van der Waals surface area (Å²) in [6.07, 6.45) is 0.771. The number of nitrogens with zero attached hydrogens (tertiary/aromatic N) is 1. The highest BCUT2D eigenvalue weighted by molar-refractivity contribution is 5.79. The molecule has 20 heavy (non-hydrogen) atoms. The van der Waals surface area contributed by atoms with Crippen molar-refractivity contribution in [1.82, 2.24) is 15.2 Å². The maximum Gasteiger partial charge on any atom is 0.251 e. The highest BCUT2D eigenvalue weighted by atomic mass is 16.1. The number of H-pyrrole nitrogens is 1. The first kappa shape index (κ1) is 13.3. The van der Waals surface area contributed by atoms with Crippen molar-refractivity contribution in [2.45, 2.75) is 19.9 Å². The van der Waals surface area contributed by atoms with Gasteiger partial charge in [0.05, 0.1) is 0 Å². The van der Waals surface area contributed by atoms with Crippen LogP contribution in [0, 0.1) is 0 Å². The van der Waals surface area contributed by atoms with E-state index in [1.54, 1.807) is 0 Å². The van der Waals surface area contributed by atoms with E-state index in [1.807, 2.05) is 19.1 Å². The lowest BCUT2D eigenvalue weighted by molar-refractivity contribution is 0.233. The lowest BCUT2D eigenvalue weighted by Crippen LogP contribution is -2.42. The van der Waals surface area contributed by atoms with E-state index in [-0.39, 0.29) is 5.56 Å². The number of piperazine rings is 1. The molecule has 2 heterocycles. The van der Waals surface area contributed by atoms with Crippen LogP contribution in [0.25, 0.3) is 10.9 Å². The summed E-state index contributed by atoms with van der Waals surface area (Å²) in [6, 6.07) is 8.36. The van der Waals surface area contributed by atoms with Crippen LogP contribution in [0.2, 0.25) is 0 Å². The first-order valence-corrected chi connectivity index (χ1v) is 7.34. The minimum atomic E-state index is 0.0369. The van der Waals surface area contributed by atoms with Crippen LogP contribution >= 0.6 is 0 Å². The van der Waals surface area contributed by atoms with Crippen LogP contribution in [0.5, 0.6) is 0 Å². The number of hydrogen-bond acceptors (Lipinski definition) is 3. The zero-order valence-corrected chi connectivity index (χ0v) is 11.9. The molecule has 106 valence electrons. The summed E-state index contributed by atoms with van der Waals surface area (Å²) in [6.45, 7) is 7.34. The molecule has 1 aliphatic heterocycles. The van der Waals surface area contributed by atoms with Gasteiger partial charge in [0.1, 0.15) is 0 Å². The second kappa shape index (κ2) is 5.77. The van der Waals surface area contributed by atoms with Crippen molar-refractivity contribution < 1.29 is 0 Å². The van der Waals surface area contributed by atoms with Crippen molar-refractivity contribution in [3.63, 3.8) is 0 Å². The summed E-state index contributed by atoms with van der Waals surface area (Å²) in [5, 5.41) is 4.50. The first-order chi connectivity index (χ1) is 9.76. The van der Waals surface area contributed by atoms with E-state index in [2.05, 4.69) is 27.3 Å². The van der Waals surface area contributed by atoms with Gasteiger partial charge in [0.2, 0.25) is 0 Å². The number of aryl methyl sites for hydroxylation is 1. The second-order valence-corrected chi connectivity index (χ2v) is 5.43. The average molecular weight is 271 g/mol. The number of pyridine rings is 1. The fraction of sp³-hybridized carbons (Fsp3) is 0.438. The van der Waals surface area contributed by atoms with Gasteiger partial charge in [-0.2, -0.15) is 0 Å². The monoisotopic (exact) mass is 271 g/mol. The van der Waals surface area contributed by atoms with Crippen molar-refractivity contribution in [2.75, 3.05) is 26.2 Å². The third-order valence-corrected chi connectivity index (χ3v) is 3.98. The van der Waals surface area contributed by atoms with Gasteiger partial charge in [-0.15, -0.1) is 0 Å². The van der Waals surface area contributed by atoms with Crippen molar-refractivity contribution in [2.24, 2.45) is 0 Å². The molecule has 4 heteroatoms. The van der Waals surface area contributed by atoms with E-state index in [4.69, 9.17) is 0 Å². The largest absolute Gasteiger partial charge is 0.322 e.